The summed E-state index contributed by atoms with van der Waals surface area (Å²) in [4.78, 5) is 8.06. The van der Waals surface area contributed by atoms with Crippen LogP contribution in [-0.2, 0) is 0 Å². The normalized spacial score (nSPS) is 10.9. The van der Waals surface area contributed by atoms with E-state index in [1.165, 1.54) is 6.33 Å². The van der Waals surface area contributed by atoms with E-state index in [4.69, 9.17) is 23.2 Å². The van der Waals surface area contributed by atoms with Crippen LogP contribution < -0.4 is 0 Å². The number of hydrogen-bond donors (Lipinski definition) is 0. The molecule has 0 bridgehead atoms. The van der Waals surface area contributed by atoms with Gasteiger partial charge in [-0.15, -0.1) is 0 Å². The molecule has 0 spiro atoms. The predicted molar refractivity (Wildman–Crippen MR) is 62.0 cm³/mol. The minimum atomic E-state index is 0.424. The first kappa shape index (κ1) is 10.1. The minimum Gasteiger partial charge on any atom is -0.236 e. The summed E-state index contributed by atoms with van der Waals surface area (Å²) in [5.74, 6) is 0. The van der Waals surface area contributed by atoms with Crippen molar-refractivity contribution in [3.63, 3.8) is 0 Å². The van der Waals surface area contributed by atoms with Crippen molar-refractivity contribution in [1.82, 2.24) is 9.97 Å². The van der Waals surface area contributed by atoms with Crippen molar-refractivity contribution in [1.29, 1.82) is 0 Å². The maximum absolute atomic E-state index is 6.00. The maximum atomic E-state index is 6.00. The molecule has 0 N–H and O–H groups in total. The second-order valence-corrected chi connectivity index (χ2v) is 4.42. The van der Waals surface area contributed by atoms with Crippen LogP contribution in [0.2, 0.25) is 10.2 Å². The summed E-state index contributed by atoms with van der Waals surface area (Å²) in [5, 5.41) is 1.82. The van der Waals surface area contributed by atoms with Gasteiger partial charge >= 0.3 is 0 Å². The number of nitrogens with zero attached hydrogens (tertiary/aromatic N) is 2. The summed E-state index contributed by atoms with van der Waals surface area (Å²) in [7, 11) is 0. The van der Waals surface area contributed by atoms with Crippen LogP contribution in [0.25, 0.3) is 10.9 Å². The van der Waals surface area contributed by atoms with Crippen LogP contribution in [0.15, 0.2) is 16.9 Å². The van der Waals surface area contributed by atoms with Crippen LogP contribution in [-0.4, -0.2) is 9.97 Å². The van der Waals surface area contributed by atoms with Crippen molar-refractivity contribution in [3.05, 3.63) is 32.6 Å². The summed E-state index contributed by atoms with van der Waals surface area (Å²) in [6.07, 6.45) is 1.44. The van der Waals surface area contributed by atoms with E-state index in [1.54, 1.807) is 6.07 Å². The van der Waals surface area contributed by atoms with Crippen LogP contribution in [0, 0.1) is 6.92 Å². The molecule has 1 heterocycles. The highest BCUT2D eigenvalue weighted by Gasteiger charge is 2.10. The average molecular weight is 292 g/mol. The van der Waals surface area contributed by atoms with Gasteiger partial charge in [0.05, 0.1) is 10.5 Å². The van der Waals surface area contributed by atoms with E-state index < -0.39 is 0 Å². The molecule has 0 saturated heterocycles. The molecule has 0 aliphatic rings. The van der Waals surface area contributed by atoms with Crippen molar-refractivity contribution in [3.8, 4) is 0 Å². The first-order valence-electron chi connectivity index (χ1n) is 3.86. The maximum Gasteiger partial charge on any atom is 0.140 e. The topological polar surface area (TPSA) is 25.8 Å². The van der Waals surface area contributed by atoms with Gasteiger partial charge in [-0.2, -0.15) is 0 Å². The van der Waals surface area contributed by atoms with Crippen molar-refractivity contribution in [2.45, 2.75) is 6.92 Å². The molecular formula is C9H5BrCl2N2. The third-order valence-corrected chi connectivity index (χ3v) is 3.85. The summed E-state index contributed by atoms with van der Waals surface area (Å²) >= 11 is 15.3. The lowest BCUT2D eigenvalue weighted by Gasteiger charge is -2.06. The highest BCUT2D eigenvalue weighted by molar-refractivity contribution is 9.10. The Morgan fingerprint density at radius 2 is 2.00 bits per heavy atom. The zero-order chi connectivity index (χ0) is 10.3. The lowest BCUT2D eigenvalue weighted by Crippen LogP contribution is -1.89. The lowest BCUT2D eigenvalue weighted by atomic mass is 10.1. The van der Waals surface area contributed by atoms with E-state index in [0.717, 1.165) is 20.9 Å². The molecule has 0 aliphatic heterocycles. The zero-order valence-corrected chi connectivity index (χ0v) is 10.3. The Balaban J connectivity index is 2.98. The molecule has 72 valence electrons. The Labute approximate surface area is 99.4 Å². The number of rotatable bonds is 0. The second kappa shape index (κ2) is 3.65. The van der Waals surface area contributed by atoms with Crippen LogP contribution in [0.5, 0.6) is 0 Å². The van der Waals surface area contributed by atoms with E-state index in [-0.39, 0.29) is 0 Å². The summed E-state index contributed by atoms with van der Waals surface area (Å²) in [6, 6.07) is 1.76. The number of aryl methyl sites for hydroxylation is 1. The molecule has 5 heteroatoms. The first-order valence-corrected chi connectivity index (χ1v) is 5.41. The zero-order valence-electron chi connectivity index (χ0n) is 7.18. The molecule has 0 amide bonds. The Morgan fingerprint density at radius 1 is 1.29 bits per heavy atom. The highest BCUT2D eigenvalue weighted by atomic mass is 79.9. The third kappa shape index (κ3) is 1.49. The lowest BCUT2D eigenvalue weighted by molar-refractivity contribution is 1.21. The van der Waals surface area contributed by atoms with E-state index in [2.05, 4.69) is 25.9 Å². The predicted octanol–water partition coefficient (Wildman–Crippen LogP) is 4.01. The second-order valence-electron chi connectivity index (χ2n) is 2.86. The SMILES string of the molecule is Cc1c(Br)c(Cl)cc2c(Cl)ncnc12. The van der Waals surface area contributed by atoms with E-state index >= 15 is 0 Å². The van der Waals surface area contributed by atoms with Gasteiger partial charge in [-0.25, -0.2) is 9.97 Å². The molecule has 2 rings (SSSR count). The molecule has 0 saturated carbocycles. The number of aromatic nitrogens is 2. The van der Waals surface area contributed by atoms with Gasteiger partial charge in [-0.3, -0.25) is 0 Å². The van der Waals surface area contributed by atoms with Gasteiger partial charge in [0, 0.05) is 9.86 Å². The molecular weight excluding hydrogens is 287 g/mol. The quantitative estimate of drug-likeness (QED) is 0.686. The van der Waals surface area contributed by atoms with Gasteiger partial charge in [0.2, 0.25) is 0 Å². The Kier molecular flexibility index (Phi) is 2.64. The molecule has 1 aromatic carbocycles. The van der Waals surface area contributed by atoms with Crippen molar-refractivity contribution in [2.24, 2.45) is 0 Å². The summed E-state index contributed by atoms with van der Waals surface area (Å²) < 4.78 is 0.849. The molecule has 0 unspecified atom stereocenters. The third-order valence-electron chi connectivity index (χ3n) is 2.00. The molecule has 0 atom stereocenters. The first-order chi connectivity index (χ1) is 6.61. The molecule has 14 heavy (non-hydrogen) atoms. The monoisotopic (exact) mass is 290 g/mol. The number of hydrogen-bond acceptors (Lipinski definition) is 2. The fourth-order valence-corrected chi connectivity index (χ4v) is 2.01. The number of benzene rings is 1. The van der Waals surface area contributed by atoms with Crippen molar-refractivity contribution < 1.29 is 0 Å². The highest BCUT2D eigenvalue weighted by Crippen LogP contribution is 2.33. The fraction of sp³-hybridized carbons (Fsp3) is 0.111. The van der Waals surface area contributed by atoms with Crippen LogP contribution in [0.3, 0.4) is 0 Å². The average Bonchev–Trinajstić information content (AvgIpc) is 2.17. The number of fused-ring (bicyclic) bond motifs is 1. The smallest absolute Gasteiger partial charge is 0.140 e. The van der Waals surface area contributed by atoms with Crippen LogP contribution >= 0.6 is 39.1 Å². The van der Waals surface area contributed by atoms with Crippen molar-refractivity contribution in [2.75, 3.05) is 0 Å². The molecule has 0 fully saturated rings. The van der Waals surface area contributed by atoms with Gasteiger partial charge < -0.3 is 0 Å². The largest absolute Gasteiger partial charge is 0.236 e. The minimum absolute atomic E-state index is 0.424. The van der Waals surface area contributed by atoms with E-state index in [0.29, 0.717) is 10.2 Å². The molecule has 2 nitrogen and oxygen atoms in total. The van der Waals surface area contributed by atoms with Gasteiger partial charge in [-0.1, -0.05) is 23.2 Å². The fourth-order valence-electron chi connectivity index (χ4n) is 1.27. The number of halogens is 3. The Hall–Kier alpha value is -0.380. The van der Waals surface area contributed by atoms with Crippen molar-refractivity contribution >= 4 is 50.0 Å². The molecule has 1 aromatic heterocycles. The summed E-state index contributed by atoms with van der Waals surface area (Å²) in [5.41, 5.74) is 1.79. The van der Waals surface area contributed by atoms with Gasteiger partial charge in [-0.05, 0) is 34.5 Å². The van der Waals surface area contributed by atoms with E-state index in [9.17, 15) is 0 Å². The van der Waals surface area contributed by atoms with Crippen LogP contribution in [0.4, 0.5) is 0 Å². The van der Waals surface area contributed by atoms with Gasteiger partial charge in [0.25, 0.3) is 0 Å². The van der Waals surface area contributed by atoms with Crippen LogP contribution in [0.1, 0.15) is 5.56 Å². The summed E-state index contributed by atoms with van der Waals surface area (Å²) in [6.45, 7) is 1.93. The molecule has 0 aliphatic carbocycles. The Bertz CT molecular complexity index is 514. The van der Waals surface area contributed by atoms with Gasteiger partial charge in [0.1, 0.15) is 11.5 Å². The Morgan fingerprint density at radius 3 is 2.71 bits per heavy atom. The molecule has 2 aromatic rings. The van der Waals surface area contributed by atoms with E-state index in [1.807, 2.05) is 6.92 Å². The standard InChI is InChI=1S/C9H5BrCl2N2/c1-4-7(10)6(11)2-5-8(4)13-3-14-9(5)12/h2-3H,1H3. The molecule has 0 radical (unpaired) electrons. The van der Waals surface area contributed by atoms with Gasteiger partial charge in [0.15, 0.2) is 0 Å².